The lowest BCUT2D eigenvalue weighted by Crippen LogP contribution is -2.14. The molecule has 0 aliphatic rings. The second kappa shape index (κ2) is 8.95. The van der Waals surface area contributed by atoms with Gasteiger partial charge in [-0.25, -0.2) is 4.79 Å². The number of carbonyl (C=O) groups excluding carboxylic acids is 1. The van der Waals surface area contributed by atoms with Crippen molar-refractivity contribution in [3.8, 4) is 5.75 Å². The Morgan fingerprint density at radius 3 is 2.26 bits per heavy atom. The zero-order valence-corrected chi connectivity index (χ0v) is 15.7. The Kier molecular flexibility index (Phi) is 7.60. The molecule has 3 nitrogen and oxygen atoms in total. The second-order valence-corrected chi connectivity index (χ2v) is 7.20. The molecule has 0 saturated heterocycles. The Balaban J connectivity index is 2.95. The van der Waals surface area contributed by atoms with Crippen molar-refractivity contribution in [2.24, 2.45) is 5.92 Å². The number of hydrogen-bond donors (Lipinski definition) is 0. The van der Waals surface area contributed by atoms with Crippen LogP contribution in [-0.4, -0.2) is 18.7 Å². The van der Waals surface area contributed by atoms with Crippen LogP contribution in [0.3, 0.4) is 0 Å². The molecule has 0 atom stereocenters. The van der Waals surface area contributed by atoms with Gasteiger partial charge in [-0.15, -0.1) is 0 Å². The molecule has 1 aromatic carbocycles. The van der Waals surface area contributed by atoms with E-state index in [1.807, 2.05) is 32.9 Å². The lowest BCUT2D eigenvalue weighted by molar-refractivity contribution is 0.0377. The molecule has 1 aromatic rings. The number of benzene rings is 1. The number of aryl methyl sites for hydroxylation is 1. The number of carbonyl (C=O) groups is 1. The van der Waals surface area contributed by atoms with Crippen LogP contribution in [0.5, 0.6) is 5.75 Å². The fourth-order valence-electron chi connectivity index (χ4n) is 2.45. The van der Waals surface area contributed by atoms with Gasteiger partial charge in [-0.3, -0.25) is 0 Å². The van der Waals surface area contributed by atoms with E-state index in [0.29, 0.717) is 24.0 Å². The Bertz CT molecular complexity index is 516. The first-order valence-corrected chi connectivity index (χ1v) is 8.70. The first kappa shape index (κ1) is 19.5. The van der Waals surface area contributed by atoms with Gasteiger partial charge >= 0.3 is 5.97 Å². The molecule has 0 aliphatic heterocycles. The van der Waals surface area contributed by atoms with E-state index in [0.717, 1.165) is 29.7 Å². The first-order valence-electron chi connectivity index (χ1n) is 8.70. The number of esters is 1. The Labute approximate surface area is 141 Å². The van der Waals surface area contributed by atoms with Crippen LogP contribution < -0.4 is 4.74 Å². The summed E-state index contributed by atoms with van der Waals surface area (Å²) in [7, 11) is 0. The molecular weight excluding hydrogens is 288 g/mol. The van der Waals surface area contributed by atoms with Crippen LogP contribution in [0.1, 0.15) is 81.8 Å². The number of rotatable bonds is 8. The lowest BCUT2D eigenvalue weighted by Gasteiger charge is -2.18. The third-order valence-corrected chi connectivity index (χ3v) is 3.72. The normalized spacial score (nSPS) is 11.4. The highest BCUT2D eigenvalue weighted by molar-refractivity contribution is 5.91. The minimum atomic E-state index is -0.259. The van der Waals surface area contributed by atoms with Gasteiger partial charge in [-0.1, -0.05) is 27.7 Å². The standard InChI is InChI=1S/C20H32O3/c1-13(2)9-8-10-22-19-11-16(7)18(12-17(19)14(3)4)20(21)23-15(5)6/h11-15H,8-10H2,1-7H3. The van der Waals surface area contributed by atoms with E-state index in [-0.39, 0.29) is 12.1 Å². The summed E-state index contributed by atoms with van der Waals surface area (Å²) < 4.78 is 11.3. The zero-order valence-electron chi connectivity index (χ0n) is 15.7. The molecule has 0 aromatic heterocycles. The van der Waals surface area contributed by atoms with Crippen LogP contribution in [0.25, 0.3) is 0 Å². The first-order chi connectivity index (χ1) is 10.7. The summed E-state index contributed by atoms with van der Waals surface area (Å²) in [6.45, 7) is 15.0. The molecule has 3 heteroatoms. The highest BCUT2D eigenvalue weighted by Gasteiger charge is 2.18. The van der Waals surface area contributed by atoms with Gasteiger partial charge < -0.3 is 9.47 Å². The van der Waals surface area contributed by atoms with Crippen molar-refractivity contribution in [3.63, 3.8) is 0 Å². The van der Waals surface area contributed by atoms with Crippen molar-refractivity contribution in [2.45, 2.75) is 73.3 Å². The molecule has 0 unspecified atom stereocenters. The topological polar surface area (TPSA) is 35.5 Å². The van der Waals surface area contributed by atoms with Crippen molar-refractivity contribution in [1.29, 1.82) is 0 Å². The quantitative estimate of drug-likeness (QED) is 0.469. The van der Waals surface area contributed by atoms with Gasteiger partial charge in [0, 0.05) is 0 Å². The molecule has 0 aliphatic carbocycles. The van der Waals surface area contributed by atoms with Crippen molar-refractivity contribution in [3.05, 3.63) is 28.8 Å². The lowest BCUT2D eigenvalue weighted by atomic mass is 9.96. The van der Waals surface area contributed by atoms with Gasteiger partial charge in [0.25, 0.3) is 0 Å². The monoisotopic (exact) mass is 320 g/mol. The smallest absolute Gasteiger partial charge is 0.338 e. The predicted molar refractivity (Wildman–Crippen MR) is 95.4 cm³/mol. The summed E-state index contributed by atoms with van der Waals surface area (Å²) in [6, 6.07) is 3.91. The molecule has 0 heterocycles. The molecular formula is C20H32O3. The number of ether oxygens (including phenoxy) is 2. The molecule has 0 N–H and O–H groups in total. The van der Waals surface area contributed by atoms with Gasteiger partial charge in [-0.2, -0.15) is 0 Å². The average Bonchev–Trinajstić information content (AvgIpc) is 2.42. The van der Waals surface area contributed by atoms with Gasteiger partial charge in [0.05, 0.1) is 18.3 Å². The summed E-state index contributed by atoms with van der Waals surface area (Å²) >= 11 is 0. The van der Waals surface area contributed by atoms with Crippen LogP contribution in [0.2, 0.25) is 0 Å². The predicted octanol–water partition coefficient (Wildman–Crippen LogP) is 5.50. The molecule has 0 bridgehead atoms. The second-order valence-electron chi connectivity index (χ2n) is 7.20. The van der Waals surface area contributed by atoms with Gasteiger partial charge in [-0.05, 0) is 68.7 Å². The number of hydrogen-bond acceptors (Lipinski definition) is 3. The minimum Gasteiger partial charge on any atom is -0.493 e. The molecule has 0 fully saturated rings. The van der Waals surface area contributed by atoms with E-state index in [4.69, 9.17) is 9.47 Å². The van der Waals surface area contributed by atoms with Gasteiger partial charge in [0.1, 0.15) is 5.75 Å². The minimum absolute atomic E-state index is 0.114. The molecule has 0 spiro atoms. The molecule has 0 amide bonds. The molecule has 1 rings (SSSR count). The zero-order chi connectivity index (χ0) is 17.6. The summed E-state index contributed by atoms with van der Waals surface area (Å²) in [4.78, 5) is 12.2. The van der Waals surface area contributed by atoms with Crippen molar-refractivity contribution < 1.29 is 14.3 Å². The van der Waals surface area contributed by atoms with Crippen LogP contribution in [0.4, 0.5) is 0 Å². The van der Waals surface area contributed by atoms with E-state index in [9.17, 15) is 4.79 Å². The molecule has 0 saturated carbocycles. The molecule has 0 radical (unpaired) electrons. The summed E-state index contributed by atoms with van der Waals surface area (Å²) in [5, 5.41) is 0. The van der Waals surface area contributed by atoms with Gasteiger partial charge in [0.2, 0.25) is 0 Å². The van der Waals surface area contributed by atoms with E-state index >= 15 is 0 Å². The largest absolute Gasteiger partial charge is 0.493 e. The van der Waals surface area contributed by atoms with Crippen molar-refractivity contribution in [2.75, 3.05) is 6.61 Å². The van der Waals surface area contributed by atoms with Crippen LogP contribution >= 0.6 is 0 Å². The fraction of sp³-hybridized carbons (Fsp3) is 0.650. The summed E-state index contributed by atoms with van der Waals surface area (Å²) in [5.74, 6) is 1.62. The fourth-order valence-corrected chi connectivity index (χ4v) is 2.45. The van der Waals surface area contributed by atoms with Crippen molar-refractivity contribution >= 4 is 5.97 Å². The molecule has 23 heavy (non-hydrogen) atoms. The van der Waals surface area contributed by atoms with Crippen LogP contribution in [0.15, 0.2) is 12.1 Å². The summed E-state index contributed by atoms with van der Waals surface area (Å²) in [5.41, 5.74) is 2.60. The van der Waals surface area contributed by atoms with Crippen LogP contribution in [0, 0.1) is 12.8 Å². The van der Waals surface area contributed by atoms with E-state index in [1.54, 1.807) is 0 Å². The maximum atomic E-state index is 12.2. The van der Waals surface area contributed by atoms with Gasteiger partial charge in [0.15, 0.2) is 0 Å². The van der Waals surface area contributed by atoms with Crippen LogP contribution in [-0.2, 0) is 4.74 Å². The average molecular weight is 320 g/mol. The third kappa shape index (κ3) is 6.25. The SMILES string of the molecule is Cc1cc(OCCCC(C)C)c(C(C)C)cc1C(=O)OC(C)C. The van der Waals surface area contributed by atoms with E-state index in [1.165, 1.54) is 0 Å². The summed E-state index contributed by atoms with van der Waals surface area (Å²) in [6.07, 6.45) is 2.09. The van der Waals surface area contributed by atoms with E-state index < -0.39 is 0 Å². The van der Waals surface area contributed by atoms with E-state index in [2.05, 4.69) is 27.7 Å². The maximum Gasteiger partial charge on any atom is 0.338 e. The molecule has 130 valence electrons. The highest BCUT2D eigenvalue weighted by atomic mass is 16.5. The Hall–Kier alpha value is -1.51. The Morgan fingerprint density at radius 1 is 1.09 bits per heavy atom. The highest BCUT2D eigenvalue weighted by Crippen LogP contribution is 2.30. The van der Waals surface area contributed by atoms with Crippen molar-refractivity contribution in [1.82, 2.24) is 0 Å². The Morgan fingerprint density at radius 2 is 1.74 bits per heavy atom. The maximum absolute atomic E-state index is 12.2. The third-order valence-electron chi connectivity index (χ3n) is 3.72.